The van der Waals surface area contributed by atoms with Crippen molar-refractivity contribution in [1.82, 2.24) is 0 Å². The van der Waals surface area contributed by atoms with Gasteiger partial charge in [-0.25, -0.2) is 0 Å². The third-order valence-corrected chi connectivity index (χ3v) is 3.88. The molecule has 1 aromatic carbocycles. The molecule has 2 heterocycles. The molecule has 0 saturated carbocycles. The molecular weight excluding hydrogens is 294 g/mol. The summed E-state index contributed by atoms with van der Waals surface area (Å²) in [6.45, 7) is 0.126. The molecule has 8 heteroatoms. The molecule has 0 radical (unpaired) electrons. The number of methoxy groups -OCH3 is 1. The highest BCUT2D eigenvalue weighted by Gasteiger charge is 2.56. The zero-order chi connectivity index (χ0) is 15.7. The number of aliphatic hydroxyl groups is 1. The third-order valence-electron chi connectivity index (χ3n) is 3.88. The van der Waals surface area contributed by atoms with E-state index in [9.17, 15) is 15.2 Å². The van der Waals surface area contributed by atoms with Gasteiger partial charge in [0.2, 0.25) is 0 Å². The summed E-state index contributed by atoms with van der Waals surface area (Å²) in [5.74, 6) is 0. The van der Waals surface area contributed by atoms with E-state index in [-0.39, 0.29) is 6.61 Å². The molecule has 0 aliphatic carbocycles. The van der Waals surface area contributed by atoms with Gasteiger partial charge < -0.3 is 24.1 Å². The minimum absolute atomic E-state index is 0.126. The molecule has 2 aliphatic heterocycles. The van der Waals surface area contributed by atoms with E-state index in [1.165, 1.54) is 7.11 Å². The normalized spacial score (nSPS) is 38.3. The Balaban J connectivity index is 1.82. The monoisotopic (exact) mass is 311 g/mol. The topological polar surface area (TPSA) is 100 Å². The van der Waals surface area contributed by atoms with Gasteiger partial charge in [0, 0.05) is 17.6 Å². The molecule has 1 N–H and O–H groups in total. The first-order valence-corrected chi connectivity index (χ1v) is 6.93. The molecule has 0 bridgehead atoms. The first-order valence-electron chi connectivity index (χ1n) is 6.93. The summed E-state index contributed by atoms with van der Waals surface area (Å²) in [4.78, 5) is 10.8. The average Bonchev–Trinajstić information content (AvgIpc) is 2.54. The molecular formula is C14H17NO7. The summed E-state index contributed by atoms with van der Waals surface area (Å²) in [7, 11) is 1.32. The van der Waals surface area contributed by atoms with Gasteiger partial charge in [0.05, 0.1) is 6.61 Å². The van der Waals surface area contributed by atoms with Gasteiger partial charge in [0.15, 0.2) is 24.8 Å². The summed E-state index contributed by atoms with van der Waals surface area (Å²) in [5, 5.41) is 21.4. The number of nitro groups is 1. The Morgan fingerprint density at radius 2 is 2.05 bits per heavy atom. The average molecular weight is 311 g/mol. The van der Waals surface area contributed by atoms with Crippen LogP contribution in [-0.2, 0) is 18.9 Å². The van der Waals surface area contributed by atoms with E-state index >= 15 is 0 Å². The Kier molecular flexibility index (Phi) is 4.37. The van der Waals surface area contributed by atoms with Crippen LogP contribution in [0.2, 0.25) is 0 Å². The maximum absolute atomic E-state index is 11.3. The van der Waals surface area contributed by atoms with Gasteiger partial charge >= 0.3 is 0 Å². The molecule has 0 amide bonds. The predicted octanol–water partition coefficient (Wildman–Crippen LogP) is 0.478. The molecule has 2 aliphatic rings. The van der Waals surface area contributed by atoms with Crippen LogP contribution in [-0.4, -0.2) is 54.4 Å². The fourth-order valence-corrected chi connectivity index (χ4v) is 2.80. The number of rotatable bonds is 3. The highest BCUT2D eigenvalue weighted by atomic mass is 16.8. The molecule has 1 unspecified atom stereocenters. The van der Waals surface area contributed by atoms with Gasteiger partial charge in [0.25, 0.3) is 6.04 Å². The van der Waals surface area contributed by atoms with Crippen LogP contribution in [0.1, 0.15) is 11.9 Å². The van der Waals surface area contributed by atoms with Gasteiger partial charge in [-0.05, 0) is 0 Å². The molecule has 2 fully saturated rings. The summed E-state index contributed by atoms with van der Waals surface area (Å²) in [6.07, 6.45) is -4.77. The highest BCUT2D eigenvalue weighted by molar-refractivity contribution is 5.16. The molecule has 120 valence electrons. The van der Waals surface area contributed by atoms with E-state index in [0.717, 1.165) is 5.56 Å². The van der Waals surface area contributed by atoms with Gasteiger partial charge in [0.1, 0.15) is 6.10 Å². The molecule has 2 saturated heterocycles. The largest absolute Gasteiger partial charge is 0.381 e. The van der Waals surface area contributed by atoms with Crippen molar-refractivity contribution in [1.29, 1.82) is 0 Å². The maximum Gasteiger partial charge on any atom is 0.272 e. The lowest BCUT2D eigenvalue weighted by Gasteiger charge is -2.44. The zero-order valence-electron chi connectivity index (χ0n) is 11.9. The van der Waals surface area contributed by atoms with Gasteiger partial charge in [-0.2, -0.15) is 0 Å². The quantitative estimate of drug-likeness (QED) is 0.640. The SMILES string of the molecule is CO[C@@H]1O[C@@H]2COC(c3ccccc3)O[C@H]2[C@H]([N+](=O)[O-])[C@H]1O. The lowest BCUT2D eigenvalue weighted by Crippen LogP contribution is -2.64. The maximum atomic E-state index is 11.3. The lowest BCUT2D eigenvalue weighted by molar-refractivity contribution is -0.573. The molecule has 0 spiro atoms. The molecule has 22 heavy (non-hydrogen) atoms. The van der Waals surface area contributed by atoms with Crippen LogP contribution in [0.3, 0.4) is 0 Å². The van der Waals surface area contributed by atoms with E-state index in [1.54, 1.807) is 0 Å². The fraction of sp³-hybridized carbons (Fsp3) is 0.571. The van der Waals surface area contributed by atoms with E-state index in [4.69, 9.17) is 18.9 Å². The van der Waals surface area contributed by atoms with Crippen molar-refractivity contribution >= 4 is 0 Å². The second kappa shape index (κ2) is 6.27. The first kappa shape index (κ1) is 15.3. The van der Waals surface area contributed by atoms with Crippen LogP contribution < -0.4 is 0 Å². The molecule has 3 rings (SSSR count). The van der Waals surface area contributed by atoms with E-state index in [2.05, 4.69) is 0 Å². The van der Waals surface area contributed by atoms with E-state index in [1.807, 2.05) is 30.3 Å². The highest BCUT2D eigenvalue weighted by Crippen LogP contribution is 2.35. The molecule has 8 nitrogen and oxygen atoms in total. The molecule has 1 aromatic rings. The smallest absolute Gasteiger partial charge is 0.272 e. The van der Waals surface area contributed by atoms with Crippen LogP contribution in [0.25, 0.3) is 0 Å². The number of benzene rings is 1. The van der Waals surface area contributed by atoms with Crippen molar-refractivity contribution in [2.75, 3.05) is 13.7 Å². The number of hydrogen-bond acceptors (Lipinski definition) is 7. The van der Waals surface area contributed by atoms with Gasteiger partial charge in [-0.15, -0.1) is 0 Å². The third kappa shape index (κ3) is 2.71. The van der Waals surface area contributed by atoms with Crippen molar-refractivity contribution in [3.05, 3.63) is 46.0 Å². The van der Waals surface area contributed by atoms with E-state index < -0.39 is 41.9 Å². The molecule has 6 atom stereocenters. The Bertz CT molecular complexity index is 525. The zero-order valence-corrected chi connectivity index (χ0v) is 11.9. The van der Waals surface area contributed by atoms with Crippen molar-refractivity contribution in [2.24, 2.45) is 0 Å². The molecule has 0 aromatic heterocycles. The van der Waals surface area contributed by atoms with Gasteiger partial charge in [-0.1, -0.05) is 30.3 Å². The number of hydrogen-bond donors (Lipinski definition) is 1. The second-order valence-corrected chi connectivity index (χ2v) is 5.22. The number of nitrogens with zero attached hydrogens (tertiary/aromatic N) is 1. The predicted molar refractivity (Wildman–Crippen MR) is 72.5 cm³/mol. The van der Waals surface area contributed by atoms with Crippen molar-refractivity contribution in [3.8, 4) is 0 Å². The van der Waals surface area contributed by atoms with Crippen LogP contribution >= 0.6 is 0 Å². The Hall–Kier alpha value is -1.58. The Morgan fingerprint density at radius 3 is 2.68 bits per heavy atom. The first-order chi connectivity index (χ1) is 10.6. The number of ether oxygens (including phenoxy) is 4. The van der Waals surface area contributed by atoms with Crippen molar-refractivity contribution < 1.29 is 29.0 Å². The van der Waals surface area contributed by atoms with Crippen LogP contribution in [0.15, 0.2) is 30.3 Å². The Morgan fingerprint density at radius 1 is 1.32 bits per heavy atom. The van der Waals surface area contributed by atoms with Crippen molar-refractivity contribution in [3.63, 3.8) is 0 Å². The lowest BCUT2D eigenvalue weighted by atomic mass is 9.95. The fourth-order valence-electron chi connectivity index (χ4n) is 2.80. The number of fused-ring (bicyclic) bond motifs is 1. The minimum Gasteiger partial charge on any atom is -0.381 e. The summed E-state index contributed by atoms with van der Waals surface area (Å²) in [5.41, 5.74) is 0.756. The second-order valence-electron chi connectivity index (χ2n) is 5.22. The van der Waals surface area contributed by atoms with Crippen LogP contribution in [0.4, 0.5) is 0 Å². The summed E-state index contributed by atoms with van der Waals surface area (Å²) < 4.78 is 21.7. The number of aliphatic hydroxyl groups excluding tert-OH is 1. The summed E-state index contributed by atoms with van der Waals surface area (Å²) >= 11 is 0. The van der Waals surface area contributed by atoms with E-state index in [0.29, 0.717) is 0 Å². The summed E-state index contributed by atoms with van der Waals surface area (Å²) in [6, 6.07) is 7.79. The van der Waals surface area contributed by atoms with Gasteiger partial charge in [-0.3, -0.25) is 10.1 Å². The van der Waals surface area contributed by atoms with Crippen LogP contribution in [0.5, 0.6) is 0 Å². The standard InChI is InChI=1S/C14H17NO7/c1-19-14-11(16)10(15(17)18)12-9(21-14)7-20-13(22-12)8-5-3-2-4-6-8/h2-6,9-14,16H,7H2,1H3/t9-,10-,11-,12-,13?,14-/m1/s1. The van der Waals surface area contributed by atoms with Crippen molar-refractivity contribution in [2.45, 2.75) is 36.9 Å². The Labute approximate surface area is 126 Å². The van der Waals surface area contributed by atoms with Crippen LogP contribution in [0, 0.1) is 10.1 Å². The minimum atomic E-state index is -1.41.